The van der Waals surface area contributed by atoms with Crippen LogP contribution in [0.2, 0.25) is 0 Å². The summed E-state index contributed by atoms with van der Waals surface area (Å²) in [6, 6.07) is 95.7. The Labute approximate surface area is 450 Å². The summed E-state index contributed by atoms with van der Waals surface area (Å²) in [7, 11) is 0. The topological polar surface area (TPSA) is 6.48 Å². The lowest BCUT2D eigenvalue weighted by Gasteiger charge is -2.42. The Bertz CT molecular complexity index is 4100. The second kappa shape index (κ2) is 16.7. The van der Waals surface area contributed by atoms with Crippen molar-refractivity contribution in [2.45, 2.75) is 53.7 Å². The van der Waals surface area contributed by atoms with Gasteiger partial charge in [-0.05, 0) is 162 Å². The fraction of sp³-hybridized carbons (Fsp3) is 0.0959. The third-order valence-electron chi connectivity index (χ3n) is 17.3. The van der Waals surface area contributed by atoms with Crippen molar-refractivity contribution in [3.63, 3.8) is 0 Å². The average Bonchev–Trinajstić information content (AvgIpc) is 4.06. The zero-order valence-corrected chi connectivity index (χ0v) is 43.9. The first-order chi connectivity index (χ1) is 37.2. The van der Waals surface area contributed by atoms with Gasteiger partial charge in [0.1, 0.15) is 0 Å². The second-order valence-electron chi connectivity index (χ2n) is 22.0. The van der Waals surface area contributed by atoms with Crippen molar-refractivity contribution in [1.29, 1.82) is 0 Å². The molecule has 3 aliphatic carbocycles. The first-order valence-electron chi connectivity index (χ1n) is 26.7. The Morgan fingerprint density at radius 2 is 0.658 bits per heavy atom. The van der Waals surface area contributed by atoms with Crippen LogP contribution >= 0.6 is 11.8 Å². The predicted molar refractivity (Wildman–Crippen MR) is 318 cm³/mol. The van der Waals surface area contributed by atoms with Crippen LogP contribution in [0.5, 0.6) is 0 Å². The number of benzene rings is 11. The molecule has 2 nitrogen and oxygen atoms in total. The van der Waals surface area contributed by atoms with Gasteiger partial charge in [-0.3, -0.25) is 0 Å². The number of para-hydroxylation sites is 1. The largest absolute Gasteiger partial charge is 0.310 e. The molecule has 0 radical (unpaired) electrons. The van der Waals surface area contributed by atoms with Crippen molar-refractivity contribution < 1.29 is 0 Å². The number of anilines is 6. The molecular weight excluding hydrogens is 937 g/mol. The van der Waals surface area contributed by atoms with Crippen LogP contribution in [0, 0.1) is 0 Å². The average molecular weight is 991 g/mol. The van der Waals surface area contributed by atoms with E-state index in [4.69, 9.17) is 0 Å². The van der Waals surface area contributed by atoms with Gasteiger partial charge in [-0.15, -0.1) is 0 Å². The summed E-state index contributed by atoms with van der Waals surface area (Å²) in [6.45, 7) is 9.48. The van der Waals surface area contributed by atoms with Crippen LogP contribution in [0.1, 0.15) is 72.2 Å². The molecule has 1 heterocycles. The van der Waals surface area contributed by atoms with Crippen LogP contribution in [0.15, 0.2) is 265 Å². The molecule has 4 aliphatic rings. The van der Waals surface area contributed by atoms with E-state index in [1.54, 1.807) is 0 Å². The molecule has 76 heavy (non-hydrogen) atoms. The van der Waals surface area contributed by atoms with Crippen molar-refractivity contribution in [3.05, 3.63) is 299 Å². The summed E-state index contributed by atoms with van der Waals surface area (Å²) in [5.74, 6) is 0. The fourth-order valence-corrected chi connectivity index (χ4v) is 15.0. The molecular formula is C73H54N2S. The van der Waals surface area contributed by atoms with Crippen LogP contribution in [0.3, 0.4) is 0 Å². The minimum absolute atomic E-state index is 0.0995. The Kier molecular flexibility index (Phi) is 9.84. The van der Waals surface area contributed by atoms with Crippen LogP contribution < -0.4 is 9.80 Å². The molecule has 0 fully saturated rings. The van der Waals surface area contributed by atoms with E-state index in [0.717, 1.165) is 28.4 Å². The maximum absolute atomic E-state index is 2.56. The van der Waals surface area contributed by atoms with E-state index in [1.807, 2.05) is 11.8 Å². The third kappa shape index (κ3) is 6.36. The lowest BCUT2D eigenvalue weighted by atomic mass is 9.66. The summed E-state index contributed by atoms with van der Waals surface area (Å²) in [5.41, 5.74) is 27.0. The van der Waals surface area contributed by atoms with Crippen LogP contribution in [0.25, 0.3) is 44.5 Å². The van der Waals surface area contributed by atoms with Gasteiger partial charge < -0.3 is 9.80 Å². The maximum Gasteiger partial charge on any atom is 0.0755 e. The summed E-state index contributed by atoms with van der Waals surface area (Å²) < 4.78 is 0. The summed E-state index contributed by atoms with van der Waals surface area (Å²) in [6.07, 6.45) is 0. The van der Waals surface area contributed by atoms with Crippen LogP contribution in [-0.2, 0) is 16.2 Å². The second-order valence-corrected chi connectivity index (χ2v) is 23.1. The summed E-state index contributed by atoms with van der Waals surface area (Å²) in [4.78, 5) is 7.55. The monoisotopic (exact) mass is 990 g/mol. The first kappa shape index (κ1) is 44.8. The van der Waals surface area contributed by atoms with Gasteiger partial charge in [0.2, 0.25) is 0 Å². The number of fused-ring (bicyclic) bond motifs is 15. The molecule has 11 aromatic rings. The Hall–Kier alpha value is -8.63. The van der Waals surface area contributed by atoms with Crippen LogP contribution in [-0.4, -0.2) is 0 Å². The highest BCUT2D eigenvalue weighted by Gasteiger charge is 2.52. The molecule has 0 aromatic heterocycles. The maximum atomic E-state index is 2.56. The molecule has 1 spiro atoms. The minimum atomic E-state index is -0.554. The van der Waals surface area contributed by atoms with E-state index in [-0.39, 0.29) is 10.8 Å². The molecule has 0 saturated heterocycles. The molecule has 0 atom stereocenters. The highest BCUT2D eigenvalue weighted by atomic mass is 32.2. The quantitative estimate of drug-likeness (QED) is 0.157. The minimum Gasteiger partial charge on any atom is -0.310 e. The summed E-state index contributed by atoms with van der Waals surface area (Å²) in [5, 5.41) is 0. The Balaban J connectivity index is 0.873. The molecule has 0 saturated carbocycles. The van der Waals surface area contributed by atoms with E-state index < -0.39 is 5.41 Å². The van der Waals surface area contributed by atoms with Gasteiger partial charge in [0.25, 0.3) is 0 Å². The number of hydrogen-bond acceptors (Lipinski definition) is 3. The zero-order valence-electron chi connectivity index (χ0n) is 43.1. The highest BCUT2D eigenvalue weighted by molar-refractivity contribution is 7.99. The van der Waals surface area contributed by atoms with Crippen LogP contribution in [0.4, 0.5) is 34.1 Å². The van der Waals surface area contributed by atoms with Crippen molar-refractivity contribution in [2.24, 2.45) is 0 Å². The smallest absolute Gasteiger partial charge is 0.0755 e. The molecule has 0 bridgehead atoms. The molecule has 3 heteroatoms. The van der Waals surface area contributed by atoms with E-state index in [9.17, 15) is 0 Å². The van der Waals surface area contributed by atoms with Gasteiger partial charge >= 0.3 is 0 Å². The zero-order chi connectivity index (χ0) is 50.9. The lowest BCUT2D eigenvalue weighted by Crippen LogP contribution is -2.33. The normalized spacial score (nSPS) is 14.8. The van der Waals surface area contributed by atoms with Gasteiger partial charge in [-0.25, -0.2) is 0 Å². The van der Waals surface area contributed by atoms with Crippen molar-refractivity contribution in [1.82, 2.24) is 0 Å². The SMILES string of the molecule is CC1(C)c2ccccc2-c2ccc(N(c3ccccc3)c3ccc(-c4ccc(N(c5ccc6c(c5)C(C)(C)c5ccccc5-6)c5cccc6c5C5(c7ccccc7Sc7ccccc75)c5ccccc5-6)cc4)cc3)cc21. The number of rotatable bonds is 7. The fourth-order valence-electron chi connectivity index (χ4n) is 13.8. The third-order valence-corrected chi connectivity index (χ3v) is 18.5. The molecule has 362 valence electrons. The molecule has 11 aromatic carbocycles. The Morgan fingerprint density at radius 1 is 0.276 bits per heavy atom. The van der Waals surface area contributed by atoms with E-state index in [1.165, 1.54) is 104 Å². The van der Waals surface area contributed by atoms with E-state index in [0.29, 0.717) is 0 Å². The standard InChI is InChI=1S/C73H54N2S/c1-71(2)60-25-11-8-21-54(60)57-43-41-52(45-65(57)71)74(49-19-6-5-7-20-49)50-37-33-47(34-38-50)48-35-39-51(40-36-48)75(53-42-44-58-55-22-9-12-26-61(55)72(3,4)66(58)46-53)67-30-18-24-59-56-23-10-13-27-62(56)73(70(59)67)63-28-14-16-31-68(63)76-69-32-17-15-29-64(69)73/h5-46H,1-4H3. The van der Waals surface area contributed by atoms with Gasteiger partial charge in [-0.2, -0.15) is 0 Å². The van der Waals surface area contributed by atoms with Crippen molar-refractivity contribution in [2.75, 3.05) is 9.80 Å². The highest BCUT2D eigenvalue weighted by Crippen LogP contribution is 2.65. The van der Waals surface area contributed by atoms with Crippen molar-refractivity contribution in [3.8, 4) is 44.5 Å². The van der Waals surface area contributed by atoms with Gasteiger partial charge in [-0.1, -0.05) is 215 Å². The number of nitrogens with zero attached hydrogens (tertiary/aromatic N) is 2. The molecule has 0 unspecified atom stereocenters. The molecule has 0 amide bonds. The lowest BCUT2D eigenvalue weighted by molar-refractivity contribution is 0.660. The number of hydrogen-bond donors (Lipinski definition) is 0. The van der Waals surface area contributed by atoms with Gasteiger partial charge in [0.05, 0.1) is 11.1 Å². The van der Waals surface area contributed by atoms with Gasteiger partial charge in [0, 0.05) is 54.6 Å². The van der Waals surface area contributed by atoms with Crippen molar-refractivity contribution >= 4 is 45.9 Å². The van der Waals surface area contributed by atoms with E-state index >= 15 is 0 Å². The first-order valence-corrected chi connectivity index (χ1v) is 27.5. The summed E-state index contributed by atoms with van der Waals surface area (Å²) >= 11 is 1.89. The molecule has 0 N–H and O–H groups in total. The Morgan fingerprint density at radius 3 is 1.20 bits per heavy atom. The van der Waals surface area contributed by atoms with E-state index in [2.05, 4.69) is 292 Å². The molecule has 15 rings (SSSR count). The molecule has 1 aliphatic heterocycles. The predicted octanol–water partition coefficient (Wildman–Crippen LogP) is 19.7. The van der Waals surface area contributed by atoms with Gasteiger partial charge in [0.15, 0.2) is 0 Å².